The molecule has 30 heavy (non-hydrogen) atoms. The second-order valence-electron chi connectivity index (χ2n) is 6.45. The number of carboxylic acid groups (broad SMARTS) is 1. The fourth-order valence-electron chi connectivity index (χ4n) is 2.77. The van der Waals surface area contributed by atoms with Crippen molar-refractivity contribution in [1.82, 2.24) is 4.90 Å². The molecule has 0 aliphatic carbocycles. The number of para-hydroxylation sites is 1. The number of aromatic carboxylic acids is 1. The van der Waals surface area contributed by atoms with Crippen LogP contribution in [0.15, 0.2) is 71.1 Å². The number of amidine groups is 1. The van der Waals surface area contributed by atoms with Gasteiger partial charge in [-0.2, -0.15) is 0 Å². The molecule has 0 unspecified atom stereocenters. The van der Waals surface area contributed by atoms with Crippen molar-refractivity contribution in [3.8, 4) is 5.75 Å². The Balaban J connectivity index is 1.90. The van der Waals surface area contributed by atoms with E-state index in [4.69, 9.17) is 4.74 Å². The molecule has 0 aromatic heterocycles. The summed E-state index contributed by atoms with van der Waals surface area (Å²) in [5.41, 5.74) is 1.24. The number of carbonyl (C=O) groups excluding carboxylic acids is 1. The molecule has 154 valence electrons. The maximum atomic E-state index is 12.9. The molecule has 1 heterocycles. The quantitative estimate of drug-likeness (QED) is 0.480. The highest BCUT2D eigenvalue weighted by molar-refractivity contribution is 8.18. The van der Waals surface area contributed by atoms with Crippen LogP contribution in [0.4, 0.5) is 5.69 Å². The van der Waals surface area contributed by atoms with Crippen molar-refractivity contribution < 1.29 is 19.4 Å². The zero-order chi connectivity index (χ0) is 21.5. The van der Waals surface area contributed by atoms with E-state index in [0.717, 1.165) is 17.7 Å². The van der Waals surface area contributed by atoms with Crippen LogP contribution in [0.5, 0.6) is 5.75 Å². The van der Waals surface area contributed by atoms with Crippen LogP contribution < -0.4 is 4.74 Å². The lowest BCUT2D eigenvalue weighted by molar-refractivity contribution is -0.121. The number of ether oxygens (including phenoxy) is 1. The van der Waals surface area contributed by atoms with Gasteiger partial charge < -0.3 is 9.84 Å². The molecule has 0 atom stereocenters. The zero-order valence-electron chi connectivity index (χ0n) is 16.6. The third kappa shape index (κ3) is 4.99. The predicted molar refractivity (Wildman–Crippen MR) is 120 cm³/mol. The van der Waals surface area contributed by atoms with Crippen LogP contribution in [-0.4, -0.2) is 40.2 Å². The van der Waals surface area contributed by atoms with E-state index in [-0.39, 0.29) is 18.0 Å². The minimum Gasteiger partial charge on any atom is -0.494 e. The van der Waals surface area contributed by atoms with Gasteiger partial charge in [-0.15, -0.1) is 6.58 Å². The predicted octanol–water partition coefficient (Wildman–Crippen LogP) is 4.96. The summed E-state index contributed by atoms with van der Waals surface area (Å²) in [6.45, 7) is 6.68. The Morgan fingerprint density at radius 2 is 1.97 bits per heavy atom. The molecule has 2 aromatic carbocycles. The average Bonchev–Trinajstić information content (AvgIpc) is 3.02. The number of aliphatic imine (C=N–C) groups is 1. The van der Waals surface area contributed by atoms with E-state index in [9.17, 15) is 14.7 Å². The van der Waals surface area contributed by atoms with E-state index in [1.807, 2.05) is 31.2 Å². The Labute approximate surface area is 179 Å². The first-order valence-corrected chi connectivity index (χ1v) is 10.3. The van der Waals surface area contributed by atoms with Crippen LogP contribution >= 0.6 is 11.8 Å². The van der Waals surface area contributed by atoms with Crippen molar-refractivity contribution in [2.24, 2.45) is 4.99 Å². The summed E-state index contributed by atoms with van der Waals surface area (Å²) in [6, 6.07) is 14.0. The first-order valence-electron chi connectivity index (χ1n) is 9.49. The van der Waals surface area contributed by atoms with Crippen molar-refractivity contribution >= 4 is 40.6 Å². The van der Waals surface area contributed by atoms with Gasteiger partial charge in [0.15, 0.2) is 5.17 Å². The van der Waals surface area contributed by atoms with E-state index < -0.39 is 5.97 Å². The van der Waals surface area contributed by atoms with Crippen LogP contribution in [0.1, 0.15) is 29.3 Å². The number of amides is 1. The number of hydrogen-bond acceptors (Lipinski definition) is 5. The number of carbonyl (C=O) groups is 2. The van der Waals surface area contributed by atoms with Crippen molar-refractivity contribution in [3.63, 3.8) is 0 Å². The molecule has 3 rings (SSSR count). The van der Waals surface area contributed by atoms with Crippen molar-refractivity contribution in [3.05, 3.63) is 77.2 Å². The zero-order valence-corrected chi connectivity index (χ0v) is 17.4. The Bertz CT molecular complexity index is 1010. The van der Waals surface area contributed by atoms with Gasteiger partial charge in [0.05, 0.1) is 22.8 Å². The first kappa shape index (κ1) is 21.4. The molecule has 1 amide bonds. The summed E-state index contributed by atoms with van der Waals surface area (Å²) in [6.07, 6.45) is 4.33. The minimum atomic E-state index is -1.07. The lowest BCUT2D eigenvalue weighted by Crippen LogP contribution is -2.29. The number of hydrogen-bond donors (Lipinski definition) is 1. The third-order valence-electron chi connectivity index (χ3n) is 4.20. The van der Waals surface area contributed by atoms with Gasteiger partial charge in [-0.3, -0.25) is 9.69 Å². The van der Waals surface area contributed by atoms with Gasteiger partial charge in [0.1, 0.15) is 5.75 Å². The topological polar surface area (TPSA) is 79.2 Å². The lowest BCUT2D eigenvalue weighted by atomic mass is 10.2. The second-order valence-corrected chi connectivity index (χ2v) is 7.46. The minimum absolute atomic E-state index is 0.0803. The van der Waals surface area contributed by atoms with Crippen LogP contribution in [0.3, 0.4) is 0 Å². The second kappa shape index (κ2) is 9.93. The standard InChI is InChI=1S/C23H22N2O4S/c1-3-13-25-21(26)20(15-16-9-11-17(12-10-16)29-14-4-2)30-23(25)24-19-8-6-5-7-18(19)22(27)28/h3,5-12,15H,1,4,13-14H2,2H3,(H,27,28)/b20-15-,24-23?. The summed E-state index contributed by atoms with van der Waals surface area (Å²) in [7, 11) is 0. The lowest BCUT2D eigenvalue weighted by Gasteiger charge is -2.13. The first-order chi connectivity index (χ1) is 14.5. The molecule has 6 nitrogen and oxygen atoms in total. The summed E-state index contributed by atoms with van der Waals surface area (Å²) >= 11 is 1.21. The molecule has 0 bridgehead atoms. The van der Waals surface area contributed by atoms with Gasteiger partial charge in [-0.05, 0) is 54.1 Å². The van der Waals surface area contributed by atoms with Gasteiger partial charge >= 0.3 is 5.97 Å². The number of carboxylic acids is 1. The Morgan fingerprint density at radius 1 is 1.23 bits per heavy atom. The molecular formula is C23H22N2O4S. The Hall–Kier alpha value is -3.32. The maximum Gasteiger partial charge on any atom is 0.337 e. The molecule has 1 N–H and O–H groups in total. The molecular weight excluding hydrogens is 400 g/mol. The fraction of sp³-hybridized carbons (Fsp3) is 0.174. The molecule has 7 heteroatoms. The Kier molecular flexibility index (Phi) is 7.08. The van der Waals surface area contributed by atoms with Crippen LogP contribution in [-0.2, 0) is 4.79 Å². The highest BCUT2D eigenvalue weighted by Crippen LogP contribution is 2.35. The molecule has 0 saturated carbocycles. The summed E-state index contributed by atoms with van der Waals surface area (Å²) in [5, 5.41) is 9.81. The summed E-state index contributed by atoms with van der Waals surface area (Å²) in [5.74, 6) is -0.483. The van der Waals surface area contributed by atoms with Gasteiger partial charge in [-0.1, -0.05) is 37.3 Å². The smallest absolute Gasteiger partial charge is 0.337 e. The van der Waals surface area contributed by atoms with Crippen molar-refractivity contribution in [2.75, 3.05) is 13.2 Å². The normalized spacial score (nSPS) is 16.3. The number of benzene rings is 2. The molecule has 1 aliphatic rings. The van der Waals surface area contributed by atoms with E-state index >= 15 is 0 Å². The molecule has 0 spiro atoms. The van der Waals surface area contributed by atoms with Gasteiger partial charge in [0.25, 0.3) is 5.91 Å². The van der Waals surface area contributed by atoms with Crippen LogP contribution in [0, 0.1) is 0 Å². The van der Waals surface area contributed by atoms with E-state index in [2.05, 4.69) is 11.6 Å². The Morgan fingerprint density at radius 3 is 2.63 bits per heavy atom. The van der Waals surface area contributed by atoms with Crippen molar-refractivity contribution in [2.45, 2.75) is 13.3 Å². The van der Waals surface area contributed by atoms with Gasteiger partial charge in [0, 0.05) is 6.54 Å². The van der Waals surface area contributed by atoms with E-state index in [0.29, 0.717) is 22.4 Å². The largest absolute Gasteiger partial charge is 0.494 e. The highest BCUT2D eigenvalue weighted by atomic mass is 32.2. The van der Waals surface area contributed by atoms with Crippen LogP contribution in [0.25, 0.3) is 6.08 Å². The molecule has 1 aliphatic heterocycles. The summed E-state index contributed by atoms with van der Waals surface area (Å²) in [4.78, 5) is 30.8. The molecule has 1 saturated heterocycles. The average molecular weight is 423 g/mol. The third-order valence-corrected chi connectivity index (χ3v) is 5.21. The number of rotatable bonds is 8. The molecule has 1 fully saturated rings. The van der Waals surface area contributed by atoms with Gasteiger partial charge in [0.2, 0.25) is 0 Å². The number of thioether (sulfide) groups is 1. The summed E-state index contributed by atoms with van der Waals surface area (Å²) < 4.78 is 5.58. The van der Waals surface area contributed by atoms with Crippen LogP contribution in [0.2, 0.25) is 0 Å². The monoisotopic (exact) mass is 422 g/mol. The maximum absolute atomic E-state index is 12.9. The number of nitrogens with zero attached hydrogens (tertiary/aromatic N) is 2. The highest BCUT2D eigenvalue weighted by Gasteiger charge is 2.32. The van der Waals surface area contributed by atoms with Gasteiger partial charge in [-0.25, -0.2) is 9.79 Å². The molecule has 2 aromatic rings. The fourth-order valence-corrected chi connectivity index (χ4v) is 3.77. The van der Waals surface area contributed by atoms with E-state index in [1.165, 1.54) is 22.7 Å². The molecule has 0 radical (unpaired) electrons. The SMILES string of the molecule is C=CCN1C(=O)/C(=C/c2ccc(OCCC)cc2)SC1=Nc1ccccc1C(=O)O. The van der Waals surface area contributed by atoms with Crippen molar-refractivity contribution in [1.29, 1.82) is 0 Å². The van der Waals surface area contributed by atoms with E-state index in [1.54, 1.807) is 30.4 Å².